The highest BCUT2D eigenvalue weighted by atomic mass is 19.3. The zero-order chi connectivity index (χ0) is 26.6. The van der Waals surface area contributed by atoms with Gasteiger partial charge in [0.2, 0.25) is 0 Å². The summed E-state index contributed by atoms with van der Waals surface area (Å²) in [5, 5.41) is 13.0. The van der Waals surface area contributed by atoms with Crippen LogP contribution >= 0.6 is 0 Å². The number of H-pyrrole nitrogens is 1. The number of fused-ring (bicyclic) bond motifs is 3. The normalized spacial score (nSPS) is 18.7. The number of aliphatic hydroxyl groups is 1. The molecule has 3 heterocycles. The van der Waals surface area contributed by atoms with Crippen molar-refractivity contribution in [2.45, 2.75) is 44.3 Å². The molecule has 202 valence electrons. The maximum atomic E-state index is 13.4. The van der Waals surface area contributed by atoms with E-state index in [1.807, 2.05) is 25.1 Å². The van der Waals surface area contributed by atoms with E-state index in [4.69, 9.17) is 5.11 Å². The molecule has 1 atom stereocenters. The van der Waals surface area contributed by atoms with Gasteiger partial charge in [0.1, 0.15) is 18.2 Å². The van der Waals surface area contributed by atoms with Crippen LogP contribution in [-0.4, -0.2) is 77.4 Å². The molecule has 0 aliphatic carbocycles. The van der Waals surface area contributed by atoms with Crippen LogP contribution in [0.15, 0.2) is 42.5 Å². The molecule has 0 spiro atoms. The molecule has 1 unspecified atom stereocenters. The van der Waals surface area contributed by atoms with Crippen LogP contribution in [0.5, 0.6) is 0 Å². The maximum absolute atomic E-state index is 13.4. The number of anilines is 1. The largest absolute Gasteiger partial charge is 0.390 e. The molecular weight excluding hydrogens is 491 g/mol. The third kappa shape index (κ3) is 7.00. The van der Waals surface area contributed by atoms with Gasteiger partial charge >= 0.3 is 0 Å². The Morgan fingerprint density at radius 1 is 1.11 bits per heavy atom. The molecule has 5 nitrogen and oxygen atoms in total. The summed E-state index contributed by atoms with van der Waals surface area (Å²) in [5.74, 6) is -4.21. The number of para-hydroxylation sites is 1. The number of aromatic nitrogens is 1. The number of hydrogen-bond acceptors (Lipinski definition) is 4. The minimum atomic E-state index is -3.04. The monoisotopic (exact) mass is 524 g/mol. The third-order valence-electron chi connectivity index (χ3n) is 6.85. The van der Waals surface area contributed by atoms with Crippen molar-refractivity contribution in [1.29, 1.82) is 0 Å². The van der Waals surface area contributed by atoms with Gasteiger partial charge in [-0.3, -0.25) is 14.2 Å². The Kier molecular flexibility index (Phi) is 8.71. The Labute approximate surface area is 213 Å². The molecule has 10 heteroatoms. The number of nitrogens with zero attached hydrogens (tertiary/aromatic N) is 2. The van der Waals surface area contributed by atoms with E-state index in [0.29, 0.717) is 18.7 Å². The molecule has 2 aromatic carbocycles. The van der Waals surface area contributed by atoms with E-state index in [9.17, 15) is 22.0 Å². The summed E-state index contributed by atoms with van der Waals surface area (Å²) in [6.07, 6.45) is 1.29. The zero-order valence-electron chi connectivity index (χ0n) is 20.8. The van der Waals surface area contributed by atoms with Crippen molar-refractivity contribution in [1.82, 2.24) is 14.8 Å². The second-order valence-corrected chi connectivity index (χ2v) is 9.90. The first-order valence-corrected chi connectivity index (χ1v) is 12.5. The predicted molar refractivity (Wildman–Crippen MR) is 135 cm³/mol. The molecule has 5 rings (SSSR count). The van der Waals surface area contributed by atoms with Gasteiger partial charge < -0.3 is 15.4 Å². The standard InChI is InChI=1S/C15H18F2N2O.C12H15F3N2/c1-10-6-12-11-4-2-3-5-13(11)18-14(12)7-19(10)8-15(16,17)9-20;13-2-1-3-17-7-12(8-17)16-11-5-9(14)4-10(15)6-11/h2-5,10,18,20H,6-9H2,1H3;4-6,12,16H,1-3,7-8H2. The first-order chi connectivity index (χ1) is 17.7. The van der Waals surface area contributed by atoms with E-state index >= 15 is 0 Å². The van der Waals surface area contributed by atoms with Crippen molar-refractivity contribution < 1.29 is 27.1 Å². The van der Waals surface area contributed by atoms with Crippen molar-refractivity contribution in [3.63, 3.8) is 0 Å². The molecule has 0 radical (unpaired) electrons. The Bertz CT molecular complexity index is 1160. The average molecular weight is 525 g/mol. The van der Waals surface area contributed by atoms with E-state index in [1.54, 1.807) is 4.90 Å². The molecular formula is C27H33F5N4O. The fourth-order valence-corrected chi connectivity index (χ4v) is 4.97. The molecule has 3 aromatic rings. The molecule has 0 amide bonds. The zero-order valence-corrected chi connectivity index (χ0v) is 20.8. The average Bonchev–Trinajstić information content (AvgIpc) is 3.17. The predicted octanol–water partition coefficient (Wildman–Crippen LogP) is 4.96. The first-order valence-electron chi connectivity index (χ1n) is 12.5. The van der Waals surface area contributed by atoms with Crippen LogP contribution in [0.3, 0.4) is 0 Å². The summed E-state index contributed by atoms with van der Waals surface area (Å²) >= 11 is 0. The van der Waals surface area contributed by atoms with Gasteiger partial charge in [-0.2, -0.15) is 0 Å². The summed E-state index contributed by atoms with van der Waals surface area (Å²) in [4.78, 5) is 7.16. The molecule has 1 aromatic heterocycles. The smallest absolute Gasteiger partial charge is 0.283 e. The quantitative estimate of drug-likeness (QED) is 0.365. The van der Waals surface area contributed by atoms with Gasteiger partial charge in [-0.05, 0) is 43.5 Å². The van der Waals surface area contributed by atoms with Crippen LogP contribution < -0.4 is 5.32 Å². The van der Waals surface area contributed by atoms with Gasteiger partial charge in [-0.15, -0.1) is 0 Å². The Balaban J connectivity index is 0.000000176. The highest BCUT2D eigenvalue weighted by Crippen LogP contribution is 2.31. The fourth-order valence-electron chi connectivity index (χ4n) is 4.97. The molecule has 0 saturated carbocycles. The van der Waals surface area contributed by atoms with Crippen molar-refractivity contribution in [3.05, 3.63) is 65.4 Å². The minimum absolute atomic E-state index is 0.0409. The van der Waals surface area contributed by atoms with Crippen LogP contribution in [0.1, 0.15) is 24.6 Å². The van der Waals surface area contributed by atoms with Gasteiger partial charge in [0.05, 0.1) is 19.3 Å². The molecule has 37 heavy (non-hydrogen) atoms. The van der Waals surface area contributed by atoms with Crippen LogP contribution in [0.4, 0.5) is 27.6 Å². The Morgan fingerprint density at radius 2 is 1.81 bits per heavy atom. The van der Waals surface area contributed by atoms with Crippen molar-refractivity contribution in [3.8, 4) is 0 Å². The molecule has 1 fully saturated rings. The lowest BCUT2D eigenvalue weighted by molar-refractivity contribution is -0.0819. The van der Waals surface area contributed by atoms with Crippen molar-refractivity contribution >= 4 is 16.6 Å². The van der Waals surface area contributed by atoms with Gasteiger partial charge in [-0.25, -0.2) is 17.6 Å². The van der Waals surface area contributed by atoms with Crippen LogP contribution in [0.2, 0.25) is 0 Å². The molecule has 0 bridgehead atoms. The second kappa shape index (κ2) is 11.8. The number of likely N-dealkylation sites (tertiary alicyclic amines) is 1. The third-order valence-corrected chi connectivity index (χ3v) is 6.85. The van der Waals surface area contributed by atoms with E-state index in [2.05, 4.69) is 21.3 Å². The topological polar surface area (TPSA) is 54.5 Å². The number of rotatable bonds is 8. The van der Waals surface area contributed by atoms with E-state index in [-0.39, 0.29) is 18.8 Å². The highest BCUT2D eigenvalue weighted by molar-refractivity contribution is 5.84. The Morgan fingerprint density at radius 3 is 2.49 bits per heavy atom. The van der Waals surface area contributed by atoms with Crippen molar-refractivity contribution in [2.75, 3.05) is 44.8 Å². The van der Waals surface area contributed by atoms with Gasteiger partial charge in [0.25, 0.3) is 5.92 Å². The van der Waals surface area contributed by atoms with Crippen LogP contribution in [0.25, 0.3) is 10.9 Å². The summed E-state index contributed by atoms with van der Waals surface area (Å²) < 4.78 is 64.5. The lowest BCUT2D eigenvalue weighted by atomic mass is 9.97. The molecule has 3 N–H and O–H groups in total. The van der Waals surface area contributed by atoms with E-state index in [1.165, 1.54) is 23.1 Å². The number of aromatic amines is 1. The van der Waals surface area contributed by atoms with E-state index < -0.39 is 30.7 Å². The van der Waals surface area contributed by atoms with Crippen molar-refractivity contribution in [2.24, 2.45) is 0 Å². The van der Waals surface area contributed by atoms with Crippen LogP contribution in [0, 0.1) is 11.6 Å². The molecule has 2 aliphatic rings. The molecule has 2 aliphatic heterocycles. The summed E-state index contributed by atoms with van der Waals surface area (Å²) in [6, 6.07) is 11.6. The summed E-state index contributed by atoms with van der Waals surface area (Å²) in [5.41, 5.74) is 3.76. The summed E-state index contributed by atoms with van der Waals surface area (Å²) in [6.45, 7) is 2.94. The number of aliphatic hydroxyl groups excluding tert-OH is 1. The summed E-state index contributed by atoms with van der Waals surface area (Å²) in [7, 11) is 0. The maximum Gasteiger partial charge on any atom is 0.283 e. The highest BCUT2D eigenvalue weighted by Gasteiger charge is 2.35. The second-order valence-electron chi connectivity index (χ2n) is 9.90. The number of alkyl halides is 3. The lowest BCUT2D eigenvalue weighted by Crippen LogP contribution is -2.54. The lowest BCUT2D eigenvalue weighted by Gasteiger charge is -2.40. The number of hydrogen-bond donors (Lipinski definition) is 3. The van der Waals surface area contributed by atoms with E-state index in [0.717, 1.165) is 43.3 Å². The Hall–Kier alpha value is -2.69. The molecule has 1 saturated heterocycles. The minimum Gasteiger partial charge on any atom is -0.390 e. The fraction of sp³-hybridized carbons (Fsp3) is 0.481. The first kappa shape index (κ1) is 27.3. The van der Waals surface area contributed by atoms with Crippen LogP contribution in [-0.2, 0) is 13.0 Å². The van der Waals surface area contributed by atoms with Gasteiger partial charge in [0, 0.05) is 60.6 Å². The SMILES string of the molecule is CC1Cc2c([nH]c3ccccc23)CN1CC(F)(F)CO.FCCCN1CC(Nc2cc(F)cc(F)c2)C1. The number of benzene rings is 2. The van der Waals surface area contributed by atoms with Gasteiger partial charge in [-0.1, -0.05) is 18.2 Å². The number of halogens is 5. The number of nitrogens with one attached hydrogen (secondary N) is 2. The van der Waals surface area contributed by atoms with Gasteiger partial charge in [0.15, 0.2) is 0 Å².